The largest absolute Gasteiger partial charge is 0.480 e. The molecule has 5 aromatic rings. The standard InChI is InChI=1S/C30H20Cl3N3O5/c31-19-10-6-17(7-11-19)16-23(30(38)39)34-28(37)25-26(22-14-15-24(32)35-27(22)33)41-29(36-25)18-8-12-21(13-9-18)40-20-4-2-1-3-5-20/h1-15,23H,16H2,(H,34,37)(H,38,39). The summed E-state index contributed by atoms with van der Waals surface area (Å²) in [4.78, 5) is 33.9. The van der Waals surface area contributed by atoms with Gasteiger partial charge in [-0.3, -0.25) is 4.79 Å². The van der Waals surface area contributed by atoms with Crippen molar-refractivity contribution in [3.8, 4) is 34.3 Å². The fraction of sp³-hybridized carbons (Fsp3) is 0.0667. The van der Waals surface area contributed by atoms with Crippen molar-refractivity contribution in [1.29, 1.82) is 0 Å². The number of para-hydroxylation sites is 1. The molecule has 1 amide bonds. The molecule has 11 heteroatoms. The Balaban J connectivity index is 1.46. The van der Waals surface area contributed by atoms with E-state index < -0.39 is 17.9 Å². The molecule has 3 aromatic carbocycles. The predicted molar refractivity (Wildman–Crippen MR) is 156 cm³/mol. The number of carbonyl (C=O) groups is 2. The Morgan fingerprint density at radius 2 is 1.54 bits per heavy atom. The number of carbonyl (C=O) groups excluding carboxylic acids is 1. The number of benzene rings is 3. The quantitative estimate of drug-likeness (QED) is 0.166. The first-order valence-electron chi connectivity index (χ1n) is 12.2. The number of hydrogen-bond donors (Lipinski definition) is 2. The lowest BCUT2D eigenvalue weighted by molar-refractivity contribution is -0.139. The van der Waals surface area contributed by atoms with E-state index in [4.69, 9.17) is 44.0 Å². The van der Waals surface area contributed by atoms with E-state index in [9.17, 15) is 14.7 Å². The van der Waals surface area contributed by atoms with Gasteiger partial charge < -0.3 is 19.6 Å². The summed E-state index contributed by atoms with van der Waals surface area (Å²) < 4.78 is 11.9. The Morgan fingerprint density at radius 3 is 2.20 bits per heavy atom. The highest BCUT2D eigenvalue weighted by Gasteiger charge is 2.28. The van der Waals surface area contributed by atoms with Crippen LogP contribution in [0.1, 0.15) is 16.1 Å². The SMILES string of the molecule is O=C(NC(Cc1ccc(Cl)cc1)C(=O)O)c1nc(-c2ccc(Oc3ccccc3)cc2)oc1-c1ccc(Cl)nc1Cl. The molecular weight excluding hydrogens is 589 g/mol. The van der Waals surface area contributed by atoms with Crippen LogP contribution in [0.5, 0.6) is 11.5 Å². The zero-order valence-corrected chi connectivity index (χ0v) is 23.3. The van der Waals surface area contributed by atoms with E-state index in [0.29, 0.717) is 27.6 Å². The molecule has 2 N–H and O–H groups in total. The number of nitrogens with one attached hydrogen (secondary N) is 1. The number of nitrogens with zero attached hydrogens (tertiary/aromatic N) is 2. The number of carboxylic acids is 1. The van der Waals surface area contributed by atoms with Crippen molar-refractivity contribution in [3.63, 3.8) is 0 Å². The van der Waals surface area contributed by atoms with Crippen molar-refractivity contribution in [2.75, 3.05) is 0 Å². The molecule has 41 heavy (non-hydrogen) atoms. The minimum Gasteiger partial charge on any atom is -0.480 e. The summed E-state index contributed by atoms with van der Waals surface area (Å²) in [6.45, 7) is 0. The maximum absolute atomic E-state index is 13.5. The van der Waals surface area contributed by atoms with E-state index in [1.54, 1.807) is 48.5 Å². The normalized spacial score (nSPS) is 11.6. The van der Waals surface area contributed by atoms with E-state index in [1.165, 1.54) is 12.1 Å². The van der Waals surface area contributed by atoms with Gasteiger partial charge in [0, 0.05) is 17.0 Å². The third kappa shape index (κ3) is 6.86. The fourth-order valence-corrected chi connectivity index (χ4v) is 4.49. The molecule has 0 radical (unpaired) electrons. The van der Waals surface area contributed by atoms with Crippen LogP contribution in [0.25, 0.3) is 22.8 Å². The number of aliphatic carboxylic acids is 1. The first-order valence-corrected chi connectivity index (χ1v) is 13.3. The summed E-state index contributed by atoms with van der Waals surface area (Å²) in [6.07, 6.45) is 0.0183. The lowest BCUT2D eigenvalue weighted by atomic mass is 10.1. The number of amides is 1. The van der Waals surface area contributed by atoms with Crippen molar-refractivity contribution in [2.24, 2.45) is 0 Å². The van der Waals surface area contributed by atoms with Crippen LogP contribution in [-0.2, 0) is 11.2 Å². The molecule has 0 bridgehead atoms. The zero-order chi connectivity index (χ0) is 28.9. The van der Waals surface area contributed by atoms with Crippen LogP contribution in [0.2, 0.25) is 15.3 Å². The van der Waals surface area contributed by atoms with Crippen LogP contribution >= 0.6 is 34.8 Å². The molecule has 8 nitrogen and oxygen atoms in total. The van der Waals surface area contributed by atoms with Gasteiger partial charge in [-0.15, -0.1) is 0 Å². The first-order chi connectivity index (χ1) is 19.8. The molecule has 0 spiro atoms. The van der Waals surface area contributed by atoms with Crippen LogP contribution in [-0.4, -0.2) is 33.0 Å². The molecule has 1 unspecified atom stereocenters. The summed E-state index contributed by atoms with van der Waals surface area (Å²) in [5, 5.41) is 13.0. The highest BCUT2D eigenvalue weighted by atomic mass is 35.5. The molecule has 0 aliphatic heterocycles. The van der Waals surface area contributed by atoms with Crippen LogP contribution in [0, 0.1) is 0 Å². The van der Waals surface area contributed by atoms with Gasteiger partial charge in [-0.25, -0.2) is 14.8 Å². The molecule has 2 heterocycles. The predicted octanol–water partition coefficient (Wildman–Crippen LogP) is 7.58. The summed E-state index contributed by atoms with van der Waals surface area (Å²) in [5.41, 5.74) is 1.30. The molecule has 0 aliphatic carbocycles. The highest BCUT2D eigenvalue weighted by molar-refractivity contribution is 6.34. The van der Waals surface area contributed by atoms with Crippen LogP contribution in [0.15, 0.2) is 95.4 Å². The van der Waals surface area contributed by atoms with Gasteiger partial charge in [0.2, 0.25) is 5.89 Å². The summed E-state index contributed by atoms with van der Waals surface area (Å²) in [6, 6.07) is 24.6. The van der Waals surface area contributed by atoms with Gasteiger partial charge in [-0.2, -0.15) is 0 Å². The average Bonchev–Trinajstić information content (AvgIpc) is 3.40. The van der Waals surface area contributed by atoms with Gasteiger partial charge in [0.25, 0.3) is 5.91 Å². The highest BCUT2D eigenvalue weighted by Crippen LogP contribution is 2.35. The van der Waals surface area contributed by atoms with Gasteiger partial charge in [0.15, 0.2) is 11.5 Å². The number of halogens is 3. The Labute approximate surface area is 249 Å². The van der Waals surface area contributed by atoms with Gasteiger partial charge in [0.1, 0.15) is 27.8 Å². The van der Waals surface area contributed by atoms with E-state index >= 15 is 0 Å². The zero-order valence-electron chi connectivity index (χ0n) is 21.1. The van der Waals surface area contributed by atoms with E-state index in [1.807, 2.05) is 30.3 Å². The maximum atomic E-state index is 13.5. The van der Waals surface area contributed by atoms with Crippen molar-refractivity contribution >= 4 is 46.7 Å². The lowest BCUT2D eigenvalue weighted by Crippen LogP contribution is -2.42. The van der Waals surface area contributed by atoms with Crippen LogP contribution in [0.3, 0.4) is 0 Å². The number of hydrogen-bond acceptors (Lipinski definition) is 6. The molecule has 5 rings (SSSR count). The molecule has 0 fully saturated rings. The van der Waals surface area contributed by atoms with Crippen LogP contribution in [0.4, 0.5) is 0 Å². The third-order valence-electron chi connectivity index (χ3n) is 5.94. The Kier molecular flexibility index (Phi) is 8.54. The summed E-state index contributed by atoms with van der Waals surface area (Å²) >= 11 is 18.2. The van der Waals surface area contributed by atoms with E-state index in [0.717, 1.165) is 0 Å². The Bertz CT molecular complexity index is 1690. The van der Waals surface area contributed by atoms with E-state index in [2.05, 4.69) is 15.3 Å². The Morgan fingerprint density at radius 1 is 0.854 bits per heavy atom. The summed E-state index contributed by atoms with van der Waals surface area (Å²) in [7, 11) is 0. The van der Waals surface area contributed by atoms with Gasteiger partial charge in [0.05, 0.1) is 5.56 Å². The average molecular weight is 609 g/mol. The minimum atomic E-state index is -1.26. The summed E-state index contributed by atoms with van der Waals surface area (Å²) in [5.74, 6) is -0.626. The molecule has 0 saturated carbocycles. The first kappa shape index (κ1) is 28.2. The molecule has 0 aliphatic rings. The second kappa shape index (κ2) is 12.4. The molecular formula is C30H20Cl3N3O5. The topological polar surface area (TPSA) is 115 Å². The molecule has 0 saturated heterocycles. The molecule has 206 valence electrons. The van der Waals surface area contributed by atoms with Gasteiger partial charge in [-0.1, -0.05) is 65.1 Å². The third-order valence-corrected chi connectivity index (χ3v) is 6.69. The number of pyridine rings is 1. The smallest absolute Gasteiger partial charge is 0.326 e. The monoisotopic (exact) mass is 607 g/mol. The molecule has 1 atom stereocenters. The number of ether oxygens (including phenoxy) is 1. The fourth-order valence-electron chi connectivity index (χ4n) is 3.93. The van der Waals surface area contributed by atoms with Crippen molar-refractivity contribution in [2.45, 2.75) is 12.5 Å². The second-order valence-electron chi connectivity index (χ2n) is 8.80. The lowest BCUT2D eigenvalue weighted by Gasteiger charge is -2.14. The molecule has 2 aromatic heterocycles. The number of carboxylic acid groups (broad SMARTS) is 1. The Hall–Kier alpha value is -4.37. The van der Waals surface area contributed by atoms with Crippen molar-refractivity contribution in [3.05, 3.63) is 118 Å². The maximum Gasteiger partial charge on any atom is 0.326 e. The van der Waals surface area contributed by atoms with Crippen molar-refractivity contribution in [1.82, 2.24) is 15.3 Å². The van der Waals surface area contributed by atoms with Crippen LogP contribution < -0.4 is 10.1 Å². The second-order valence-corrected chi connectivity index (χ2v) is 9.99. The minimum absolute atomic E-state index is 0.00640. The van der Waals surface area contributed by atoms with Crippen molar-refractivity contribution < 1.29 is 23.8 Å². The van der Waals surface area contributed by atoms with E-state index in [-0.39, 0.29) is 39.6 Å². The number of oxazole rings is 1. The number of rotatable bonds is 9. The van der Waals surface area contributed by atoms with Gasteiger partial charge in [-0.05, 0) is 66.2 Å². The number of aromatic nitrogens is 2. The van der Waals surface area contributed by atoms with Gasteiger partial charge >= 0.3 is 5.97 Å².